The van der Waals surface area contributed by atoms with Gasteiger partial charge in [0.25, 0.3) is 0 Å². The van der Waals surface area contributed by atoms with Crippen LogP contribution in [-0.4, -0.2) is 19.7 Å². The van der Waals surface area contributed by atoms with E-state index in [1.54, 1.807) is 25.1 Å². The van der Waals surface area contributed by atoms with Gasteiger partial charge in [-0.25, -0.2) is 9.18 Å². The number of allylic oxidation sites excluding steroid dienone is 1. The highest BCUT2D eigenvalue weighted by atomic mass is 19.1. The molecule has 0 bridgehead atoms. The monoisotopic (exact) mass is 222 g/mol. The molecule has 1 aliphatic rings. The van der Waals surface area contributed by atoms with Gasteiger partial charge < -0.3 is 9.47 Å². The maximum absolute atomic E-state index is 13.3. The number of esters is 1. The summed E-state index contributed by atoms with van der Waals surface area (Å²) in [6, 6.07) is 4.83. The Labute approximate surface area is 92.5 Å². The van der Waals surface area contributed by atoms with Crippen LogP contribution in [0, 0.1) is 0 Å². The summed E-state index contributed by atoms with van der Waals surface area (Å²) < 4.78 is 23.1. The number of carbonyl (C=O) groups excluding carboxylic acids is 1. The highest BCUT2D eigenvalue weighted by Gasteiger charge is 2.19. The van der Waals surface area contributed by atoms with Gasteiger partial charge in [0, 0.05) is 5.56 Å². The fourth-order valence-electron chi connectivity index (χ4n) is 1.59. The minimum atomic E-state index is -0.443. The van der Waals surface area contributed by atoms with E-state index in [1.807, 2.05) is 0 Å². The van der Waals surface area contributed by atoms with E-state index >= 15 is 0 Å². The van der Waals surface area contributed by atoms with E-state index in [0.29, 0.717) is 22.4 Å². The Morgan fingerprint density at radius 2 is 2.25 bits per heavy atom. The molecule has 1 aliphatic heterocycles. The van der Waals surface area contributed by atoms with Gasteiger partial charge in [-0.3, -0.25) is 0 Å². The maximum atomic E-state index is 13.3. The van der Waals surface area contributed by atoms with E-state index in [2.05, 4.69) is 4.74 Å². The van der Waals surface area contributed by atoms with Crippen LogP contribution >= 0.6 is 0 Å². The zero-order valence-corrected chi connectivity index (χ0v) is 9.04. The molecule has 2 rings (SSSR count). The first kappa shape index (κ1) is 10.7. The molecule has 0 aliphatic carbocycles. The molecule has 0 saturated carbocycles. The number of fused-ring (bicyclic) bond motifs is 1. The van der Waals surface area contributed by atoms with Crippen LogP contribution in [0.25, 0.3) is 5.57 Å². The van der Waals surface area contributed by atoms with Crippen molar-refractivity contribution in [3.05, 3.63) is 35.2 Å². The van der Waals surface area contributed by atoms with Crippen LogP contribution in [0.1, 0.15) is 22.8 Å². The van der Waals surface area contributed by atoms with Crippen molar-refractivity contribution in [1.82, 2.24) is 0 Å². The van der Waals surface area contributed by atoms with Crippen LogP contribution in [0.5, 0.6) is 5.75 Å². The topological polar surface area (TPSA) is 35.5 Å². The molecule has 0 aromatic heterocycles. The molecular weight excluding hydrogens is 211 g/mol. The van der Waals surface area contributed by atoms with E-state index < -0.39 is 5.97 Å². The number of rotatable bonds is 1. The summed E-state index contributed by atoms with van der Waals surface area (Å²) in [6.07, 6.45) is 0. The van der Waals surface area contributed by atoms with Gasteiger partial charge in [-0.2, -0.15) is 0 Å². The maximum Gasteiger partial charge on any atom is 0.337 e. The summed E-state index contributed by atoms with van der Waals surface area (Å²) >= 11 is 0. The van der Waals surface area contributed by atoms with Crippen molar-refractivity contribution in [3.63, 3.8) is 0 Å². The average molecular weight is 222 g/mol. The normalized spacial score (nSPS) is 14.2. The van der Waals surface area contributed by atoms with Crippen molar-refractivity contribution in [2.45, 2.75) is 6.92 Å². The number of methoxy groups -OCH3 is 1. The zero-order valence-electron chi connectivity index (χ0n) is 9.04. The summed E-state index contributed by atoms with van der Waals surface area (Å²) in [7, 11) is 1.31. The summed E-state index contributed by atoms with van der Waals surface area (Å²) in [5.41, 5.74) is 1.50. The number of hydrogen-bond acceptors (Lipinski definition) is 3. The van der Waals surface area contributed by atoms with Gasteiger partial charge in [0.1, 0.15) is 18.2 Å². The molecule has 0 saturated heterocycles. The lowest BCUT2D eigenvalue weighted by Gasteiger charge is -2.18. The number of ether oxygens (including phenoxy) is 2. The van der Waals surface area contributed by atoms with Crippen molar-refractivity contribution in [2.75, 3.05) is 13.7 Å². The van der Waals surface area contributed by atoms with Gasteiger partial charge in [0.15, 0.2) is 0 Å². The Bertz CT molecular complexity index is 477. The number of hydrogen-bond donors (Lipinski definition) is 0. The fraction of sp³-hybridized carbons (Fsp3) is 0.250. The molecule has 0 fully saturated rings. The third-order valence-electron chi connectivity index (χ3n) is 2.57. The van der Waals surface area contributed by atoms with Gasteiger partial charge in [0.05, 0.1) is 12.7 Å². The summed E-state index contributed by atoms with van der Waals surface area (Å²) in [5.74, 6) is -0.164. The second-order valence-electron chi connectivity index (χ2n) is 3.52. The van der Waals surface area contributed by atoms with E-state index in [-0.39, 0.29) is 12.4 Å². The van der Waals surface area contributed by atoms with E-state index in [1.165, 1.54) is 7.11 Å². The molecule has 0 radical (unpaired) electrons. The second kappa shape index (κ2) is 3.96. The molecular formula is C12H11FO3. The zero-order chi connectivity index (χ0) is 11.7. The highest BCUT2D eigenvalue weighted by Crippen LogP contribution is 2.33. The molecule has 16 heavy (non-hydrogen) atoms. The third kappa shape index (κ3) is 1.66. The van der Waals surface area contributed by atoms with Crippen molar-refractivity contribution >= 4 is 11.5 Å². The van der Waals surface area contributed by atoms with E-state index in [0.717, 1.165) is 0 Å². The molecule has 1 aromatic carbocycles. The number of carbonyl (C=O) groups is 1. The SMILES string of the molecule is COC(=O)c1ccc2c(c1)C(C)=C(F)CO2. The van der Waals surface area contributed by atoms with Gasteiger partial charge in [-0.15, -0.1) is 0 Å². The van der Waals surface area contributed by atoms with Crippen molar-refractivity contribution in [3.8, 4) is 5.75 Å². The molecule has 3 nitrogen and oxygen atoms in total. The first-order valence-corrected chi connectivity index (χ1v) is 4.84. The lowest BCUT2D eigenvalue weighted by molar-refractivity contribution is 0.0600. The molecule has 0 atom stereocenters. The molecule has 0 spiro atoms. The Kier molecular flexibility index (Phi) is 2.64. The minimum absolute atomic E-state index is 0.0452. The predicted molar refractivity (Wildman–Crippen MR) is 57.0 cm³/mol. The summed E-state index contributed by atoms with van der Waals surface area (Å²) in [5, 5.41) is 0. The molecule has 0 N–H and O–H groups in total. The van der Waals surface area contributed by atoms with E-state index in [4.69, 9.17) is 4.74 Å². The van der Waals surface area contributed by atoms with Crippen LogP contribution in [0.2, 0.25) is 0 Å². The van der Waals surface area contributed by atoms with Crippen LogP contribution < -0.4 is 4.74 Å². The highest BCUT2D eigenvalue weighted by molar-refractivity contribution is 5.91. The molecule has 84 valence electrons. The second-order valence-corrected chi connectivity index (χ2v) is 3.52. The average Bonchev–Trinajstić information content (AvgIpc) is 2.32. The summed E-state index contributed by atoms with van der Waals surface area (Å²) in [4.78, 5) is 11.3. The van der Waals surface area contributed by atoms with Gasteiger partial charge in [0.2, 0.25) is 0 Å². The van der Waals surface area contributed by atoms with Crippen molar-refractivity contribution in [2.24, 2.45) is 0 Å². The Morgan fingerprint density at radius 1 is 1.50 bits per heavy atom. The van der Waals surface area contributed by atoms with Gasteiger partial charge in [-0.05, 0) is 30.7 Å². The molecule has 1 aromatic rings. The first-order valence-electron chi connectivity index (χ1n) is 4.84. The number of halogens is 1. The van der Waals surface area contributed by atoms with Gasteiger partial charge >= 0.3 is 5.97 Å². The Balaban J connectivity index is 2.50. The third-order valence-corrected chi connectivity index (χ3v) is 2.57. The smallest absolute Gasteiger partial charge is 0.337 e. The van der Waals surface area contributed by atoms with Crippen LogP contribution in [0.3, 0.4) is 0 Å². The largest absolute Gasteiger partial charge is 0.486 e. The van der Waals surface area contributed by atoms with Crippen LogP contribution in [-0.2, 0) is 4.74 Å². The van der Waals surface area contributed by atoms with Crippen molar-refractivity contribution < 1.29 is 18.7 Å². The van der Waals surface area contributed by atoms with Gasteiger partial charge in [-0.1, -0.05) is 0 Å². The van der Waals surface area contributed by atoms with Crippen LogP contribution in [0.15, 0.2) is 24.0 Å². The van der Waals surface area contributed by atoms with Crippen molar-refractivity contribution in [1.29, 1.82) is 0 Å². The number of benzene rings is 1. The molecule has 0 amide bonds. The quantitative estimate of drug-likeness (QED) is 0.685. The Morgan fingerprint density at radius 3 is 2.94 bits per heavy atom. The lowest BCUT2D eigenvalue weighted by atomic mass is 10.0. The van der Waals surface area contributed by atoms with E-state index in [9.17, 15) is 9.18 Å². The molecule has 0 unspecified atom stereocenters. The Hall–Kier alpha value is -1.84. The first-order chi connectivity index (χ1) is 7.63. The standard InChI is InChI=1S/C12H11FO3/c1-7-9-5-8(12(14)15-2)3-4-11(9)16-6-10(7)13/h3-5H,6H2,1-2H3. The minimum Gasteiger partial charge on any atom is -0.486 e. The summed E-state index contributed by atoms with van der Waals surface area (Å²) in [6.45, 7) is 1.62. The predicted octanol–water partition coefficient (Wildman–Crippen LogP) is 2.57. The molecule has 1 heterocycles. The van der Waals surface area contributed by atoms with Crippen LogP contribution in [0.4, 0.5) is 4.39 Å². The fourth-order valence-corrected chi connectivity index (χ4v) is 1.59. The molecule has 4 heteroatoms. The lowest BCUT2D eigenvalue weighted by Crippen LogP contribution is -2.09.